The molecule has 0 saturated heterocycles. The van der Waals surface area contributed by atoms with Crippen molar-refractivity contribution in [3.05, 3.63) is 99.9 Å². The number of nitrogens with zero attached hydrogens (tertiary/aromatic N) is 1. The molecule has 5 rings (SSSR count). The Balaban J connectivity index is 1.69. The van der Waals surface area contributed by atoms with Crippen molar-refractivity contribution in [2.75, 3.05) is 18.6 Å². The van der Waals surface area contributed by atoms with Gasteiger partial charge < -0.3 is 13.9 Å². The van der Waals surface area contributed by atoms with Crippen LogP contribution in [0.5, 0.6) is 11.5 Å². The van der Waals surface area contributed by atoms with E-state index in [0.717, 1.165) is 18.4 Å². The zero-order chi connectivity index (χ0) is 23.7. The predicted octanol–water partition coefficient (Wildman–Crippen LogP) is 5.73. The van der Waals surface area contributed by atoms with E-state index in [1.165, 1.54) is 0 Å². The van der Waals surface area contributed by atoms with E-state index in [0.29, 0.717) is 40.3 Å². The lowest BCUT2D eigenvalue weighted by Crippen LogP contribution is -2.29. The Morgan fingerprint density at radius 2 is 1.74 bits per heavy atom. The van der Waals surface area contributed by atoms with Gasteiger partial charge in [-0.15, -0.1) is 0 Å². The van der Waals surface area contributed by atoms with Crippen LogP contribution in [0.3, 0.4) is 0 Å². The SMILES string of the molecule is CCCCOc1cccc(C2c3c(oc4ccccc4c3=O)C(=O)N2c2ccc(OC)cc2)c1. The fourth-order valence-corrected chi connectivity index (χ4v) is 4.35. The molecule has 0 spiro atoms. The lowest BCUT2D eigenvalue weighted by atomic mass is 9.98. The third-order valence-electron chi connectivity index (χ3n) is 6.07. The van der Waals surface area contributed by atoms with E-state index in [1.807, 2.05) is 24.3 Å². The van der Waals surface area contributed by atoms with Crippen LogP contribution in [0.25, 0.3) is 11.0 Å². The third kappa shape index (κ3) is 3.71. The zero-order valence-electron chi connectivity index (χ0n) is 19.1. The molecule has 1 atom stereocenters. The fourth-order valence-electron chi connectivity index (χ4n) is 4.35. The van der Waals surface area contributed by atoms with Crippen LogP contribution in [0, 0.1) is 0 Å². The van der Waals surface area contributed by atoms with Gasteiger partial charge in [0.05, 0.1) is 30.7 Å². The van der Waals surface area contributed by atoms with Crippen molar-refractivity contribution >= 4 is 22.6 Å². The van der Waals surface area contributed by atoms with Crippen LogP contribution in [0.15, 0.2) is 82.0 Å². The topological polar surface area (TPSA) is 69.0 Å². The Hall–Kier alpha value is -4.06. The molecule has 3 aromatic carbocycles. The smallest absolute Gasteiger partial charge is 0.295 e. The van der Waals surface area contributed by atoms with Crippen LogP contribution >= 0.6 is 0 Å². The lowest BCUT2D eigenvalue weighted by Gasteiger charge is -2.25. The van der Waals surface area contributed by atoms with E-state index in [2.05, 4.69) is 6.92 Å². The molecular formula is C28H25NO5. The van der Waals surface area contributed by atoms with Crippen LogP contribution in [0.1, 0.15) is 47.5 Å². The number of carbonyl (C=O) groups excluding carboxylic acids is 1. The molecule has 0 aliphatic carbocycles. The molecular weight excluding hydrogens is 430 g/mol. The number of hydrogen-bond donors (Lipinski definition) is 0. The molecule has 6 heteroatoms. The van der Waals surface area contributed by atoms with Crippen molar-refractivity contribution in [1.29, 1.82) is 0 Å². The summed E-state index contributed by atoms with van der Waals surface area (Å²) < 4.78 is 17.2. The second-order valence-electron chi connectivity index (χ2n) is 8.22. The quantitative estimate of drug-likeness (QED) is 0.333. The average molecular weight is 456 g/mol. The maximum Gasteiger partial charge on any atom is 0.295 e. The highest BCUT2D eigenvalue weighted by Crippen LogP contribution is 2.42. The van der Waals surface area contributed by atoms with E-state index < -0.39 is 6.04 Å². The van der Waals surface area contributed by atoms with E-state index in [9.17, 15) is 9.59 Å². The van der Waals surface area contributed by atoms with Gasteiger partial charge in [0, 0.05) is 5.69 Å². The number of benzene rings is 3. The van der Waals surface area contributed by atoms with Crippen LogP contribution in [-0.2, 0) is 0 Å². The molecule has 1 aliphatic heterocycles. The fraction of sp³-hybridized carbons (Fsp3) is 0.214. The van der Waals surface area contributed by atoms with Gasteiger partial charge >= 0.3 is 0 Å². The van der Waals surface area contributed by atoms with Gasteiger partial charge in [-0.05, 0) is 60.5 Å². The number of anilines is 1. The minimum Gasteiger partial charge on any atom is -0.497 e. The minimum atomic E-state index is -0.647. The Morgan fingerprint density at radius 1 is 0.941 bits per heavy atom. The normalized spacial score (nSPS) is 14.9. The Bertz CT molecular complexity index is 1410. The first-order valence-corrected chi connectivity index (χ1v) is 11.4. The molecule has 0 radical (unpaired) electrons. The summed E-state index contributed by atoms with van der Waals surface area (Å²) in [6.45, 7) is 2.71. The molecule has 0 bridgehead atoms. The molecule has 1 unspecified atom stereocenters. The van der Waals surface area contributed by atoms with Gasteiger partial charge in [-0.1, -0.05) is 37.6 Å². The average Bonchev–Trinajstić information content (AvgIpc) is 3.17. The maximum absolute atomic E-state index is 13.7. The molecule has 172 valence electrons. The summed E-state index contributed by atoms with van der Waals surface area (Å²) in [5.41, 5.74) is 1.95. The number of rotatable bonds is 7. The Morgan fingerprint density at radius 3 is 2.50 bits per heavy atom. The van der Waals surface area contributed by atoms with Gasteiger partial charge in [0.2, 0.25) is 5.76 Å². The second-order valence-corrected chi connectivity index (χ2v) is 8.22. The van der Waals surface area contributed by atoms with Gasteiger partial charge in [0.25, 0.3) is 5.91 Å². The molecule has 6 nitrogen and oxygen atoms in total. The highest BCUT2D eigenvalue weighted by molar-refractivity contribution is 6.10. The molecule has 34 heavy (non-hydrogen) atoms. The van der Waals surface area contributed by atoms with Crippen molar-refractivity contribution in [2.45, 2.75) is 25.8 Å². The summed E-state index contributed by atoms with van der Waals surface area (Å²) >= 11 is 0. The number of ether oxygens (including phenoxy) is 2. The molecule has 0 fully saturated rings. The summed E-state index contributed by atoms with van der Waals surface area (Å²) in [6, 6.07) is 21.1. The summed E-state index contributed by atoms with van der Waals surface area (Å²) in [5.74, 6) is 1.09. The number of carbonyl (C=O) groups is 1. The largest absolute Gasteiger partial charge is 0.497 e. The van der Waals surface area contributed by atoms with Gasteiger partial charge in [-0.2, -0.15) is 0 Å². The highest BCUT2D eigenvalue weighted by Gasteiger charge is 2.43. The molecule has 1 aliphatic rings. The summed E-state index contributed by atoms with van der Waals surface area (Å²) in [6.07, 6.45) is 1.98. The first-order chi connectivity index (χ1) is 16.6. The molecule has 0 saturated carbocycles. The number of amides is 1. The first kappa shape index (κ1) is 21.8. The lowest BCUT2D eigenvalue weighted by molar-refractivity contribution is 0.0971. The number of unbranched alkanes of at least 4 members (excludes halogenated alkanes) is 1. The Labute approximate surface area is 197 Å². The first-order valence-electron chi connectivity index (χ1n) is 11.4. The third-order valence-corrected chi connectivity index (χ3v) is 6.07. The van der Waals surface area contributed by atoms with Crippen molar-refractivity contribution in [1.82, 2.24) is 0 Å². The van der Waals surface area contributed by atoms with Crippen LogP contribution in [0.4, 0.5) is 5.69 Å². The van der Waals surface area contributed by atoms with Crippen LogP contribution < -0.4 is 19.8 Å². The Kier molecular flexibility index (Phi) is 5.80. The predicted molar refractivity (Wildman–Crippen MR) is 131 cm³/mol. The molecule has 1 aromatic heterocycles. The monoisotopic (exact) mass is 455 g/mol. The summed E-state index contributed by atoms with van der Waals surface area (Å²) in [5, 5.41) is 0.450. The van der Waals surface area contributed by atoms with Gasteiger partial charge in [-0.3, -0.25) is 14.5 Å². The summed E-state index contributed by atoms with van der Waals surface area (Å²) in [4.78, 5) is 28.9. The van der Waals surface area contributed by atoms with Crippen LogP contribution in [-0.4, -0.2) is 19.6 Å². The van der Waals surface area contributed by atoms with Crippen molar-refractivity contribution in [2.24, 2.45) is 0 Å². The standard InChI is InChI=1S/C28H25NO5/c1-3-4-16-33-21-9-7-8-18(17-21)25-24-26(30)22-10-5-6-11-23(22)34-27(24)28(31)29(25)19-12-14-20(32-2)15-13-19/h5-15,17,25H,3-4,16H2,1-2H3. The van der Waals surface area contributed by atoms with Gasteiger partial charge in [-0.25, -0.2) is 0 Å². The van der Waals surface area contributed by atoms with E-state index in [-0.39, 0.29) is 17.1 Å². The maximum atomic E-state index is 13.7. The molecule has 2 heterocycles. The van der Waals surface area contributed by atoms with Crippen molar-refractivity contribution < 1.29 is 18.7 Å². The van der Waals surface area contributed by atoms with Crippen molar-refractivity contribution in [3.8, 4) is 11.5 Å². The highest BCUT2D eigenvalue weighted by atomic mass is 16.5. The van der Waals surface area contributed by atoms with Crippen molar-refractivity contribution in [3.63, 3.8) is 0 Å². The molecule has 1 amide bonds. The number of fused-ring (bicyclic) bond motifs is 2. The molecule has 4 aromatic rings. The number of methoxy groups -OCH3 is 1. The second kappa shape index (κ2) is 9.06. The van der Waals surface area contributed by atoms with E-state index in [1.54, 1.807) is 60.5 Å². The minimum absolute atomic E-state index is 0.0711. The number of para-hydroxylation sites is 1. The molecule has 0 N–H and O–H groups in total. The van der Waals surface area contributed by atoms with Gasteiger partial charge in [0.15, 0.2) is 5.43 Å². The number of hydrogen-bond acceptors (Lipinski definition) is 5. The zero-order valence-corrected chi connectivity index (χ0v) is 19.1. The van der Waals surface area contributed by atoms with Gasteiger partial charge in [0.1, 0.15) is 17.1 Å². The van der Waals surface area contributed by atoms with Crippen LogP contribution in [0.2, 0.25) is 0 Å². The van der Waals surface area contributed by atoms with E-state index in [4.69, 9.17) is 13.9 Å². The van der Waals surface area contributed by atoms with E-state index >= 15 is 0 Å². The summed E-state index contributed by atoms with van der Waals surface area (Å²) in [7, 11) is 1.59.